The van der Waals surface area contributed by atoms with E-state index in [4.69, 9.17) is 9.72 Å². The fourth-order valence-corrected chi connectivity index (χ4v) is 4.14. The number of rotatable bonds is 4. The molecule has 28 heavy (non-hydrogen) atoms. The van der Waals surface area contributed by atoms with Crippen LogP contribution in [0.25, 0.3) is 16.2 Å². The van der Waals surface area contributed by atoms with Crippen LogP contribution in [0.3, 0.4) is 0 Å². The van der Waals surface area contributed by atoms with Gasteiger partial charge in [-0.1, -0.05) is 13.8 Å². The van der Waals surface area contributed by atoms with E-state index in [-0.39, 0.29) is 17.6 Å². The summed E-state index contributed by atoms with van der Waals surface area (Å²) < 4.78 is 6.77. The zero-order chi connectivity index (χ0) is 19.8. The standard InChI is InChI=1S/C20H22N4O3S/c1-4-27-19(26)15-11-24(20-21-7-8-28-20)18-14(17(15)25)5-6-16(22-18)23-9-12(2)13(3)10-23/h5-8,11-13H,4,9-10H2,1-3H3/t12-,13-/m0/s1. The van der Waals surface area contributed by atoms with Crippen molar-refractivity contribution in [2.24, 2.45) is 11.8 Å². The molecule has 0 saturated carbocycles. The van der Waals surface area contributed by atoms with Crippen molar-refractivity contribution in [3.63, 3.8) is 0 Å². The van der Waals surface area contributed by atoms with Gasteiger partial charge in [0.15, 0.2) is 10.8 Å². The highest BCUT2D eigenvalue weighted by Crippen LogP contribution is 2.28. The number of carbonyl (C=O) groups is 1. The van der Waals surface area contributed by atoms with Crippen molar-refractivity contribution >= 4 is 34.2 Å². The monoisotopic (exact) mass is 398 g/mol. The molecule has 146 valence electrons. The zero-order valence-electron chi connectivity index (χ0n) is 16.1. The molecule has 0 radical (unpaired) electrons. The maximum absolute atomic E-state index is 12.9. The third-order valence-electron chi connectivity index (χ3n) is 5.27. The Morgan fingerprint density at radius 1 is 1.29 bits per heavy atom. The third kappa shape index (κ3) is 3.17. The molecule has 2 atom stereocenters. The number of ether oxygens (including phenoxy) is 1. The van der Waals surface area contributed by atoms with Gasteiger partial charge >= 0.3 is 5.97 Å². The lowest BCUT2D eigenvalue weighted by atomic mass is 10.0. The molecule has 8 heteroatoms. The zero-order valence-corrected chi connectivity index (χ0v) is 16.9. The van der Waals surface area contributed by atoms with Crippen LogP contribution < -0.4 is 10.3 Å². The Morgan fingerprint density at radius 3 is 2.68 bits per heavy atom. The second-order valence-electron chi connectivity index (χ2n) is 7.18. The number of fused-ring (bicyclic) bond motifs is 1. The van der Waals surface area contributed by atoms with Crippen molar-refractivity contribution in [2.75, 3.05) is 24.6 Å². The van der Waals surface area contributed by atoms with E-state index in [9.17, 15) is 9.59 Å². The van der Waals surface area contributed by atoms with Crippen LogP contribution in [0, 0.1) is 11.8 Å². The average Bonchev–Trinajstić information content (AvgIpc) is 3.32. The molecule has 4 rings (SSSR count). The van der Waals surface area contributed by atoms with Gasteiger partial charge in [0, 0.05) is 30.9 Å². The topological polar surface area (TPSA) is 77.3 Å². The van der Waals surface area contributed by atoms with Crippen LogP contribution in [0.1, 0.15) is 31.1 Å². The van der Waals surface area contributed by atoms with E-state index in [0.717, 1.165) is 18.9 Å². The van der Waals surface area contributed by atoms with Gasteiger partial charge in [0.1, 0.15) is 11.4 Å². The molecule has 0 N–H and O–H groups in total. The highest BCUT2D eigenvalue weighted by Gasteiger charge is 2.27. The van der Waals surface area contributed by atoms with Crippen molar-refractivity contribution < 1.29 is 9.53 Å². The Kier molecular flexibility index (Phi) is 4.89. The fourth-order valence-electron chi connectivity index (χ4n) is 3.52. The molecule has 0 spiro atoms. The van der Waals surface area contributed by atoms with Crippen LogP contribution in [-0.2, 0) is 4.74 Å². The Hall–Kier alpha value is -2.74. The summed E-state index contributed by atoms with van der Waals surface area (Å²) in [6.45, 7) is 8.26. The lowest BCUT2D eigenvalue weighted by molar-refractivity contribution is 0.0524. The molecule has 0 unspecified atom stereocenters. The van der Waals surface area contributed by atoms with Crippen LogP contribution in [0.5, 0.6) is 0 Å². The lowest BCUT2D eigenvalue weighted by Gasteiger charge is -2.18. The predicted molar refractivity (Wildman–Crippen MR) is 110 cm³/mol. The first kappa shape index (κ1) is 18.6. The number of carbonyl (C=O) groups excluding carboxylic acids is 1. The molecule has 3 aromatic heterocycles. The molecule has 1 aliphatic rings. The Bertz CT molecular complexity index is 1070. The molecular weight excluding hydrogens is 376 g/mol. The summed E-state index contributed by atoms with van der Waals surface area (Å²) in [6.07, 6.45) is 3.18. The number of nitrogens with zero attached hydrogens (tertiary/aromatic N) is 4. The molecular formula is C20H22N4O3S. The van der Waals surface area contributed by atoms with Gasteiger partial charge in [-0.15, -0.1) is 11.3 Å². The number of pyridine rings is 2. The lowest BCUT2D eigenvalue weighted by Crippen LogP contribution is -2.23. The van der Waals surface area contributed by atoms with Gasteiger partial charge < -0.3 is 9.64 Å². The molecule has 0 bridgehead atoms. The number of anilines is 1. The van der Waals surface area contributed by atoms with Gasteiger partial charge in [-0.25, -0.2) is 14.8 Å². The summed E-state index contributed by atoms with van der Waals surface area (Å²) in [6, 6.07) is 3.61. The van der Waals surface area contributed by atoms with Crippen molar-refractivity contribution in [2.45, 2.75) is 20.8 Å². The van der Waals surface area contributed by atoms with E-state index in [0.29, 0.717) is 28.0 Å². The number of hydrogen-bond acceptors (Lipinski definition) is 7. The number of thiazole rings is 1. The van der Waals surface area contributed by atoms with Gasteiger partial charge in [-0.3, -0.25) is 9.36 Å². The molecule has 7 nitrogen and oxygen atoms in total. The van der Waals surface area contributed by atoms with Crippen LogP contribution in [0.15, 0.2) is 34.7 Å². The Labute approximate surface area is 166 Å². The minimum atomic E-state index is -0.633. The third-order valence-corrected chi connectivity index (χ3v) is 6.04. The van der Waals surface area contributed by atoms with Crippen molar-refractivity contribution in [3.8, 4) is 5.13 Å². The van der Waals surface area contributed by atoms with Gasteiger partial charge in [0.2, 0.25) is 5.43 Å². The van der Waals surface area contributed by atoms with E-state index in [1.807, 2.05) is 11.4 Å². The normalized spacial score (nSPS) is 19.3. The molecule has 4 heterocycles. The summed E-state index contributed by atoms with van der Waals surface area (Å²) in [5.74, 6) is 1.37. The van der Waals surface area contributed by atoms with Crippen LogP contribution >= 0.6 is 11.3 Å². The Balaban J connectivity index is 1.91. The summed E-state index contributed by atoms with van der Waals surface area (Å²) >= 11 is 1.41. The van der Waals surface area contributed by atoms with Gasteiger partial charge in [0.25, 0.3) is 0 Å². The highest BCUT2D eigenvalue weighted by molar-refractivity contribution is 7.12. The maximum Gasteiger partial charge on any atom is 0.343 e. The van der Waals surface area contributed by atoms with Gasteiger partial charge in [-0.05, 0) is 30.9 Å². The molecule has 0 aliphatic carbocycles. The first-order valence-electron chi connectivity index (χ1n) is 9.38. The molecule has 3 aromatic rings. The quantitative estimate of drug-likeness (QED) is 0.629. The number of aromatic nitrogens is 3. The maximum atomic E-state index is 12.9. The number of esters is 1. The highest BCUT2D eigenvalue weighted by atomic mass is 32.1. The average molecular weight is 398 g/mol. The van der Waals surface area contributed by atoms with Crippen LogP contribution in [0.4, 0.5) is 5.82 Å². The van der Waals surface area contributed by atoms with Crippen molar-refractivity contribution in [1.82, 2.24) is 14.5 Å². The summed E-state index contributed by atoms with van der Waals surface area (Å²) in [7, 11) is 0. The molecule has 0 aromatic carbocycles. The summed E-state index contributed by atoms with van der Waals surface area (Å²) in [4.78, 5) is 36.6. The second-order valence-corrected chi connectivity index (χ2v) is 8.05. The SMILES string of the molecule is CCOC(=O)c1cn(-c2nccs2)c2nc(N3C[C@H](C)[C@@H](C)C3)ccc2c1=O. The Morgan fingerprint density at radius 2 is 2.04 bits per heavy atom. The fraction of sp³-hybridized carbons (Fsp3) is 0.400. The van der Waals surface area contributed by atoms with E-state index >= 15 is 0 Å². The second kappa shape index (κ2) is 7.35. The minimum Gasteiger partial charge on any atom is -0.462 e. The molecule has 1 aliphatic heterocycles. The molecule has 1 saturated heterocycles. The van der Waals surface area contributed by atoms with Crippen LogP contribution in [-0.4, -0.2) is 40.2 Å². The summed E-state index contributed by atoms with van der Waals surface area (Å²) in [5.41, 5.74) is 0.115. The first-order chi connectivity index (χ1) is 13.5. The van der Waals surface area contributed by atoms with Crippen molar-refractivity contribution in [3.05, 3.63) is 45.7 Å². The van der Waals surface area contributed by atoms with E-state index in [1.165, 1.54) is 17.5 Å². The van der Waals surface area contributed by atoms with E-state index in [2.05, 4.69) is 23.7 Å². The van der Waals surface area contributed by atoms with Crippen molar-refractivity contribution in [1.29, 1.82) is 0 Å². The van der Waals surface area contributed by atoms with E-state index in [1.54, 1.807) is 23.8 Å². The minimum absolute atomic E-state index is 0.0116. The molecule has 0 amide bonds. The summed E-state index contributed by atoms with van der Waals surface area (Å²) in [5, 5.41) is 2.87. The molecule has 1 fully saturated rings. The first-order valence-corrected chi connectivity index (χ1v) is 10.3. The van der Waals surface area contributed by atoms with Gasteiger partial charge in [-0.2, -0.15) is 0 Å². The van der Waals surface area contributed by atoms with E-state index < -0.39 is 5.97 Å². The largest absolute Gasteiger partial charge is 0.462 e. The van der Waals surface area contributed by atoms with Gasteiger partial charge in [0.05, 0.1) is 12.0 Å². The van der Waals surface area contributed by atoms with Crippen LogP contribution in [0.2, 0.25) is 0 Å². The predicted octanol–water partition coefficient (Wildman–Crippen LogP) is 3.11. The number of hydrogen-bond donors (Lipinski definition) is 0. The smallest absolute Gasteiger partial charge is 0.343 e.